The Morgan fingerprint density at radius 1 is 1.17 bits per heavy atom. The maximum atomic E-state index is 12.6. The molecule has 0 aromatic heterocycles. The third kappa shape index (κ3) is 1.64. The highest BCUT2D eigenvalue weighted by Gasteiger charge is 2.13. The number of rotatable bonds is 0. The van der Waals surface area contributed by atoms with E-state index in [1.807, 2.05) is 0 Å². The average Bonchev–Trinajstić information content (AvgIpc) is 1.97. The Morgan fingerprint density at radius 3 is 2.17 bits per heavy atom. The first-order valence-corrected chi connectivity index (χ1v) is 2.93. The molecular weight excluding hydrogens is 191 g/mol. The molecule has 0 saturated carbocycles. The van der Waals surface area contributed by atoms with Gasteiger partial charge in [0.15, 0.2) is 17.5 Å². The molecule has 0 unspecified atom stereocenters. The van der Waals surface area contributed by atoms with Crippen LogP contribution in [0.4, 0.5) is 18.9 Å². The Hall–Kier alpha value is -0.900. The number of nitrogen functional groups attached to an aromatic ring is 1. The van der Waals surface area contributed by atoms with E-state index in [9.17, 15) is 13.2 Å². The lowest BCUT2D eigenvalue weighted by atomic mass is 10.2. The minimum Gasteiger partial charge on any atom is -0.398 e. The molecular formula is C7H7ClF3N. The summed E-state index contributed by atoms with van der Waals surface area (Å²) in [7, 11) is 0. The van der Waals surface area contributed by atoms with Gasteiger partial charge in [-0.15, -0.1) is 12.4 Å². The monoisotopic (exact) mass is 197 g/mol. The first-order chi connectivity index (χ1) is 5.04. The molecule has 0 bridgehead atoms. The molecule has 1 rings (SSSR count). The summed E-state index contributed by atoms with van der Waals surface area (Å²) >= 11 is 0. The van der Waals surface area contributed by atoms with Crippen LogP contribution in [-0.2, 0) is 0 Å². The van der Waals surface area contributed by atoms with Crippen LogP contribution in [0.3, 0.4) is 0 Å². The van der Waals surface area contributed by atoms with Gasteiger partial charge >= 0.3 is 0 Å². The first kappa shape index (κ1) is 11.1. The summed E-state index contributed by atoms with van der Waals surface area (Å²) in [5.74, 6) is -3.95. The van der Waals surface area contributed by atoms with E-state index in [4.69, 9.17) is 5.73 Å². The Balaban J connectivity index is 0.00000121. The predicted molar refractivity (Wildman–Crippen MR) is 42.7 cm³/mol. The van der Waals surface area contributed by atoms with Crippen molar-refractivity contribution in [2.75, 3.05) is 5.73 Å². The topological polar surface area (TPSA) is 26.0 Å². The average molecular weight is 198 g/mol. The molecule has 1 aromatic carbocycles. The minimum absolute atomic E-state index is 0. The zero-order chi connectivity index (χ0) is 8.59. The maximum absolute atomic E-state index is 12.6. The van der Waals surface area contributed by atoms with Crippen LogP contribution in [0.2, 0.25) is 0 Å². The molecule has 0 fully saturated rings. The molecule has 1 aromatic rings. The standard InChI is InChI=1S/C7H6F3N.ClH/c1-3-5(11)2-4(8)7(10)6(3)9;/h2H,11H2,1H3;1H. The smallest absolute Gasteiger partial charge is 0.194 e. The van der Waals surface area contributed by atoms with Gasteiger partial charge in [0.25, 0.3) is 0 Å². The Labute approximate surface area is 73.8 Å². The molecule has 0 saturated heterocycles. The summed E-state index contributed by atoms with van der Waals surface area (Å²) in [6, 6.07) is 0.758. The molecule has 5 heteroatoms. The van der Waals surface area contributed by atoms with Gasteiger partial charge in [0.05, 0.1) is 0 Å². The lowest BCUT2D eigenvalue weighted by molar-refractivity contribution is 0.444. The van der Waals surface area contributed by atoms with Crippen molar-refractivity contribution in [3.63, 3.8) is 0 Å². The summed E-state index contributed by atoms with van der Waals surface area (Å²) in [6.45, 7) is 1.28. The first-order valence-electron chi connectivity index (χ1n) is 2.93. The molecule has 0 aliphatic carbocycles. The van der Waals surface area contributed by atoms with Crippen molar-refractivity contribution in [3.05, 3.63) is 29.1 Å². The van der Waals surface area contributed by atoms with E-state index < -0.39 is 17.5 Å². The van der Waals surface area contributed by atoms with E-state index in [1.165, 1.54) is 6.92 Å². The van der Waals surface area contributed by atoms with Gasteiger partial charge in [-0.3, -0.25) is 0 Å². The summed E-state index contributed by atoms with van der Waals surface area (Å²) in [5.41, 5.74) is 5.00. The largest absolute Gasteiger partial charge is 0.398 e. The molecule has 0 amide bonds. The molecule has 0 atom stereocenters. The van der Waals surface area contributed by atoms with Gasteiger partial charge in [0.1, 0.15) is 0 Å². The molecule has 0 heterocycles. The number of hydrogen-bond donors (Lipinski definition) is 1. The van der Waals surface area contributed by atoms with Gasteiger partial charge in [-0.2, -0.15) is 0 Å². The van der Waals surface area contributed by atoms with E-state index in [0.717, 1.165) is 6.07 Å². The third-order valence-electron chi connectivity index (χ3n) is 1.45. The van der Waals surface area contributed by atoms with Crippen LogP contribution in [0.5, 0.6) is 0 Å². The van der Waals surface area contributed by atoms with Crippen molar-refractivity contribution in [1.82, 2.24) is 0 Å². The van der Waals surface area contributed by atoms with Crippen molar-refractivity contribution >= 4 is 18.1 Å². The van der Waals surface area contributed by atoms with Crippen molar-refractivity contribution in [2.24, 2.45) is 0 Å². The van der Waals surface area contributed by atoms with Crippen molar-refractivity contribution in [3.8, 4) is 0 Å². The summed E-state index contributed by atoms with van der Waals surface area (Å²) < 4.78 is 37.2. The fourth-order valence-electron chi connectivity index (χ4n) is 0.704. The van der Waals surface area contributed by atoms with Gasteiger partial charge < -0.3 is 5.73 Å². The predicted octanol–water partition coefficient (Wildman–Crippen LogP) is 2.42. The van der Waals surface area contributed by atoms with Crippen LogP contribution in [0.1, 0.15) is 5.56 Å². The Bertz CT molecular complexity index is 275. The van der Waals surface area contributed by atoms with Crippen molar-refractivity contribution in [2.45, 2.75) is 6.92 Å². The fraction of sp³-hybridized carbons (Fsp3) is 0.143. The highest BCUT2D eigenvalue weighted by molar-refractivity contribution is 5.85. The SMILES string of the molecule is Cc1c(N)cc(F)c(F)c1F.Cl. The van der Waals surface area contributed by atoms with Crippen LogP contribution in [0.15, 0.2) is 6.07 Å². The second-order valence-electron chi connectivity index (χ2n) is 2.20. The van der Waals surface area contributed by atoms with Crippen LogP contribution in [0, 0.1) is 24.4 Å². The highest BCUT2D eigenvalue weighted by atomic mass is 35.5. The van der Waals surface area contributed by atoms with Gasteiger partial charge in [0.2, 0.25) is 0 Å². The normalized spacial score (nSPS) is 9.33. The lowest BCUT2D eigenvalue weighted by Gasteiger charge is -2.02. The van der Waals surface area contributed by atoms with Gasteiger partial charge in [0, 0.05) is 17.3 Å². The molecule has 0 spiro atoms. The van der Waals surface area contributed by atoms with Gasteiger partial charge in [-0.05, 0) is 6.92 Å². The second-order valence-corrected chi connectivity index (χ2v) is 2.20. The molecule has 12 heavy (non-hydrogen) atoms. The molecule has 0 radical (unpaired) electrons. The van der Waals surface area contributed by atoms with E-state index in [-0.39, 0.29) is 23.7 Å². The Kier molecular flexibility index (Phi) is 3.39. The number of anilines is 1. The van der Waals surface area contributed by atoms with Crippen LogP contribution >= 0.6 is 12.4 Å². The molecule has 2 N–H and O–H groups in total. The van der Waals surface area contributed by atoms with E-state index >= 15 is 0 Å². The third-order valence-corrected chi connectivity index (χ3v) is 1.45. The fourth-order valence-corrected chi connectivity index (χ4v) is 0.704. The molecule has 1 nitrogen and oxygen atoms in total. The van der Waals surface area contributed by atoms with E-state index in [2.05, 4.69) is 0 Å². The molecule has 0 aliphatic heterocycles. The van der Waals surface area contributed by atoms with Crippen molar-refractivity contribution < 1.29 is 13.2 Å². The maximum Gasteiger partial charge on any atom is 0.194 e. The number of benzene rings is 1. The van der Waals surface area contributed by atoms with E-state index in [0.29, 0.717) is 0 Å². The highest BCUT2D eigenvalue weighted by Crippen LogP contribution is 2.20. The van der Waals surface area contributed by atoms with Gasteiger partial charge in [-0.25, -0.2) is 13.2 Å². The summed E-state index contributed by atoms with van der Waals surface area (Å²) in [4.78, 5) is 0. The van der Waals surface area contributed by atoms with Gasteiger partial charge in [-0.1, -0.05) is 0 Å². The second kappa shape index (κ2) is 3.67. The number of halogens is 4. The summed E-state index contributed by atoms with van der Waals surface area (Å²) in [6.07, 6.45) is 0. The van der Waals surface area contributed by atoms with Crippen molar-refractivity contribution in [1.29, 1.82) is 0 Å². The molecule has 0 aliphatic rings. The molecule has 68 valence electrons. The number of nitrogens with two attached hydrogens (primary N) is 1. The zero-order valence-electron chi connectivity index (χ0n) is 6.20. The quantitative estimate of drug-likeness (QED) is 0.502. The lowest BCUT2D eigenvalue weighted by Crippen LogP contribution is -1.99. The van der Waals surface area contributed by atoms with Crippen LogP contribution in [-0.4, -0.2) is 0 Å². The van der Waals surface area contributed by atoms with Crippen LogP contribution < -0.4 is 5.73 Å². The van der Waals surface area contributed by atoms with E-state index in [1.54, 1.807) is 0 Å². The zero-order valence-corrected chi connectivity index (χ0v) is 7.01. The minimum atomic E-state index is -1.48. The van der Waals surface area contributed by atoms with Crippen LogP contribution in [0.25, 0.3) is 0 Å². The Morgan fingerprint density at radius 2 is 1.67 bits per heavy atom. The summed E-state index contributed by atoms with van der Waals surface area (Å²) in [5, 5.41) is 0. The number of hydrogen-bond acceptors (Lipinski definition) is 1.